The first-order valence-electron chi connectivity index (χ1n) is 7.44. The third-order valence-corrected chi connectivity index (χ3v) is 3.29. The first-order valence-corrected chi connectivity index (χ1v) is 7.44. The first-order chi connectivity index (χ1) is 10.3. The van der Waals surface area contributed by atoms with Crippen molar-refractivity contribution >= 4 is 29.9 Å². The number of halogens is 1. The van der Waals surface area contributed by atoms with E-state index >= 15 is 0 Å². The van der Waals surface area contributed by atoms with Gasteiger partial charge in [-0.15, -0.1) is 24.0 Å². The number of hydrogen-bond donors (Lipinski definition) is 2. The van der Waals surface area contributed by atoms with Crippen LogP contribution in [0.2, 0.25) is 0 Å². The maximum Gasteiger partial charge on any atom is 0.213 e. The molecule has 0 aliphatic carbocycles. The highest BCUT2D eigenvalue weighted by Gasteiger charge is 2.15. The zero-order chi connectivity index (χ0) is 14.9. The maximum absolute atomic E-state index is 5.60. The second-order valence-electron chi connectivity index (χ2n) is 4.92. The summed E-state index contributed by atoms with van der Waals surface area (Å²) in [4.78, 5) is 8.67. The van der Waals surface area contributed by atoms with Crippen LogP contribution in [-0.2, 0) is 11.3 Å². The summed E-state index contributed by atoms with van der Waals surface area (Å²) in [6.07, 6.45) is 4.30. The molecule has 1 saturated heterocycles. The summed E-state index contributed by atoms with van der Waals surface area (Å²) in [5.41, 5.74) is 1.07. The van der Waals surface area contributed by atoms with Crippen LogP contribution in [0.25, 0.3) is 0 Å². The number of guanidine groups is 1. The second kappa shape index (κ2) is 10.6. The highest BCUT2D eigenvalue weighted by Crippen LogP contribution is 2.11. The van der Waals surface area contributed by atoms with Crippen LogP contribution in [0.3, 0.4) is 0 Å². The predicted molar refractivity (Wildman–Crippen MR) is 98.0 cm³/mol. The minimum absolute atomic E-state index is 0. The van der Waals surface area contributed by atoms with Gasteiger partial charge >= 0.3 is 0 Å². The van der Waals surface area contributed by atoms with E-state index in [1.54, 1.807) is 13.3 Å². The molecule has 1 aliphatic rings. The Morgan fingerprint density at radius 1 is 1.50 bits per heavy atom. The number of ether oxygens (including phenoxy) is 2. The molecule has 2 heterocycles. The number of aliphatic imine (C=N–C) groups is 1. The highest BCUT2D eigenvalue weighted by molar-refractivity contribution is 14.0. The van der Waals surface area contributed by atoms with E-state index in [0.29, 0.717) is 18.5 Å². The molecule has 7 heteroatoms. The van der Waals surface area contributed by atoms with Crippen LogP contribution in [0.5, 0.6) is 5.88 Å². The fourth-order valence-corrected chi connectivity index (χ4v) is 2.19. The molecular formula is C15H25IN4O2. The van der Waals surface area contributed by atoms with E-state index in [-0.39, 0.29) is 24.0 Å². The minimum Gasteiger partial charge on any atom is -0.481 e. The van der Waals surface area contributed by atoms with Gasteiger partial charge < -0.3 is 20.1 Å². The number of pyridine rings is 1. The number of nitrogens with zero attached hydrogens (tertiary/aromatic N) is 2. The van der Waals surface area contributed by atoms with Crippen molar-refractivity contribution in [2.45, 2.75) is 32.4 Å². The van der Waals surface area contributed by atoms with E-state index in [1.807, 2.05) is 12.1 Å². The molecule has 2 N–H and O–H groups in total. The number of hydrogen-bond acceptors (Lipinski definition) is 4. The molecule has 2 rings (SSSR count). The van der Waals surface area contributed by atoms with E-state index in [9.17, 15) is 0 Å². The Bertz CT molecular complexity index is 465. The summed E-state index contributed by atoms with van der Waals surface area (Å²) >= 11 is 0. The lowest BCUT2D eigenvalue weighted by molar-refractivity contribution is 0.114. The summed E-state index contributed by atoms with van der Waals surface area (Å²) in [5.74, 6) is 1.42. The summed E-state index contributed by atoms with van der Waals surface area (Å²) in [5, 5.41) is 6.57. The van der Waals surface area contributed by atoms with Gasteiger partial charge in [-0.3, -0.25) is 0 Å². The Morgan fingerprint density at radius 2 is 2.36 bits per heavy atom. The summed E-state index contributed by atoms with van der Waals surface area (Å²) in [7, 11) is 1.61. The average Bonchev–Trinajstić information content (AvgIpc) is 3.03. The minimum atomic E-state index is 0. The van der Waals surface area contributed by atoms with Crippen molar-refractivity contribution < 1.29 is 9.47 Å². The van der Waals surface area contributed by atoms with E-state index in [4.69, 9.17) is 9.47 Å². The second-order valence-corrected chi connectivity index (χ2v) is 4.92. The van der Waals surface area contributed by atoms with Crippen LogP contribution < -0.4 is 15.4 Å². The molecule has 22 heavy (non-hydrogen) atoms. The largest absolute Gasteiger partial charge is 0.481 e. The van der Waals surface area contributed by atoms with Crippen LogP contribution in [0, 0.1) is 0 Å². The molecule has 0 saturated carbocycles. The van der Waals surface area contributed by atoms with Crippen molar-refractivity contribution in [1.29, 1.82) is 0 Å². The molecule has 0 bridgehead atoms. The van der Waals surface area contributed by atoms with Crippen LogP contribution in [0.15, 0.2) is 23.3 Å². The molecule has 0 radical (unpaired) electrons. The SMILES string of the molecule is CCNC(=NCc1ccnc(OC)c1)NCC1CCCO1.I. The highest BCUT2D eigenvalue weighted by atomic mass is 127. The van der Waals surface area contributed by atoms with E-state index in [2.05, 4.69) is 27.5 Å². The zero-order valence-electron chi connectivity index (χ0n) is 13.2. The van der Waals surface area contributed by atoms with Crippen LogP contribution in [0.4, 0.5) is 0 Å². The Balaban J connectivity index is 0.00000242. The Labute approximate surface area is 149 Å². The van der Waals surface area contributed by atoms with Gasteiger partial charge in [-0.25, -0.2) is 9.98 Å². The molecule has 1 fully saturated rings. The first kappa shape index (κ1) is 19.0. The van der Waals surface area contributed by atoms with E-state index < -0.39 is 0 Å². The fraction of sp³-hybridized carbons (Fsp3) is 0.600. The van der Waals surface area contributed by atoms with Crippen molar-refractivity contribution in [3.63, 3.8) is 0 Å². The standard InChI is InChI=1S/C15H24N4O2.HI/c1-3-16-15(19-11-13-5-4-8-21-13)18-10-12-6-7-17-14(9-12)20-2;/h6-7,9,13H,3-5,8,10-11H2,1-2H3,(H2,16,18,19);1H. The molecule has 1 aromatic heterocycles. The van der Waals surface area contributed by atoms with Gasteiger partial charge in [0.25, 0.3) is 0 Å². The van der Waals surface area contributed by atoms with Crippen LogP contribution in [0.1, 0.15) is 25.3 Å². The molecular weight excluding hydrogens is 395 g/mol. The van der Waals surface area contributed by atoms with Crippen LogP contribution in [-0.4, -0.2) is 43.9 Å². The third-order valence-electron chi connectivity index (χ3n) is 3.29. The molecule has 1 aromatic rings. The molecule has 0 spiro atoms. The van der Waals surface area contributed by atoms with Gasteiger partial charge in [0.2, 0.25) is 5.88 Å². The number of aromatic nitrogens is 1. The van der Waals surface area contributed by atoms with Crippen molar-refractivity contribution in [2.24, 2.45) is 4.99 Å². The lowest BCUT2D eigenvalue weighted by Crippen LogP contribution is -2.41. The lowest BCUT2D eigenvalue weighted by atomic mass is 10.2. The molecule has 1 unspecified atom stereocenters. The number of rotatable bonds is 6. The lowest BCUT2D eigenvalue weighted by Gasteiger charge is -2.14. The molecule has 1 aliphatic heterocycles. The molecule has 0 amide bonds. The van der Waals surface area contributed by atoms with Gasteiger partial charge in [-0.1, -0.05) is 0 Å². The van der Waals surface area contributed by atoms with Gasteiger partial charge in [0.05, 0.1) is 19.8 Å². The average molecular weight is 420 g/mol. The van der Waals surface area contributed by atoms with E-state index in [1.165, 1.54) is 0 Å². The normalized spacial score (nSPS) is 17.7. The smallest absolute Gasteiger partial charge is 0.213 e. The van der Waals surface area contributed by atoms with Crippen molar-refractivity contribution in [2.75, 3.05) is 26.8 Å². The van der Waals surface area contributed by atoms with Gasteiger partial charge in [0.15, 0.2) is 5.96 Å². The Morgan fingerprint density at radius 3 is 3.05 bits per heavy atom. The van der Waals surface area contributed by atoms with Crippen molar-refractivity contribution in [1.82, 2.24) is 15.6 Å². The van der Waals surface area contributed by atoms with Gasteiger partial charge in [0.1, 0.15) is 0 Å². The molecule has 6 nitrogen and oxygen atoms in total. The maximum atomic E-state index is 5.60. The number of nitrogens with one attached hydrogen (secondary N) is 2. The molecule has 1 atom stereocenters. The third kappa shape index (κ3) is 6.35. The summed E-state index contributed by atoms with van der Waals surface area (Å²) in [6, 6.07) is 3.84. The van der Waals surface area contributed by atoms with Gasteiger partial charge in [-0.05, 0) is 31.4 Å². The molecule has 124 valence electrons. The summed E-state index contributed by atoms with van der Waals surface area (Å²) < 4.78 is 10.7. The Hall–Kier alpha value is -1.09. The van der Waals surface area contributed by atoms with Crippen LogP contribution >= 0.6 is 24.0 Å². The van der Waals surface area contributed by atoms with Gasteiger partial charge in [0, 0.05) is 32.0 Å². The van der Waals surface area contributed by atoms with Crippen molar-refractivity contribution in [3.05, 3.63) is 23.9 Å². The monoisotopic (exact) mass is 420 g/mol. The summed E-state index contributed by atoms with van der Waals surface area (Å²) in [6.45, 7) is 5.14. The Kier molecular flexibility index (Phi) is 9.14. The molecule has 0 aromatic carbocycles. The quantitative estimate of drug-likeness (QED) is 0.419. The van der Waals surface area contributed by atoms with E-state index in [0.717, 1.165) is 44.1 Å². The zero-order valence-corrected chi connectivity index (χ0v) is 15.5. The topological polar surface area (TPSA) is 67.8 Å². The predicted octanol–water partition coefficient (Wildman–Crippen LogP) is 1.94. The van der Waals surface area contributed by atoms with Gasteiger partial charge in [-0.2, -0.15) is 0 Å². The fourth-order valence-electron chi connectivity index (χ4n) is 2.19. The number of methoxy groups -OCH3 is 1. The van der Waals surface area contributed by atoms with Crippen molar-refractivity contribution in [3.8, 4) is 5.88 Å².